The van der Waals surface area contributed by atoms with Crippen LogP contribution in [0.5, 0.6) is 0 Å². The lowest BCUT2D eigenvalue weighted by Gasteiger charge is -2.42. The second-order valence-corrected chi connectivity index (χ2v) is 5.40. The molecule has 0 aliphatic carbocycles. The summed E-state index contributed by atoms with van der Waals surface area (Å²) in [6.07, 6.45) is 7.04. The number of rotatable bonds is 7. The van der Waals surface area contributed by atoms with Crippen LogP contribution >= 0.6 is 0 Å². The molecule has 1 aliphatic heterocycles. The van der Waals surface area contributed by atoms with Crippen LogP contribution in [0.1, 0.15) is 44.7 Å². The maximum atomic E-state index is 5.96. The zero-order valence-electron chi connectivity index (χ0n) is 12.9. The zero-order valence-corrected chi connectivity index (χ0v) is 12.9. The predicted octanol–water partition coefficient (Wildman–Crippen LogP) is 2.14. The van der Waals surface area contributed by atoms with E-state index in [0.29, 0.717) is 0 Å². The minimum atomic E-state index is -0.185. The Morgan fingerprint density at radius 3 is 2.75 bits per heavy atom. The van der Waals surface area contributed by atoms with Gasteiger partial charge in [0.05, 0.1) is 17.8 Å². The number of methoxy groups -OCH3 is 1. The third kappa shape index (κ3) is 3.22. The second-order valence-electron chi connectivity index (χ2n) is 5.40. The van der Waals surface area contributed by atoms with E-state index in [1.54, 1.807) is 0 Å². The first-order valence-electron chi connectivity index (χ1n) is 7.64. The summed E-state index contributed by atoms with van der Waals surface area (Å²) in [5.41, 5.74) is 1.03. The first-order valence-corrected chi connectivity index (χ1v) is 7.64. The molecule has 1 saturated heterocycles. The van der Waals surface area contributed by atoms with Crippen molar-refractivity contribution in [3.8, 4) is 0 Å². The number of aromatic nitrogens is 2. The fraction of sp³-hybridized carbons (Fsp3) is 0.800. The van der Waals surface area contributed by atoms with Crippen molar-refractivity contribution in [3.05, 3.63) is 18.0 Å². The van der Waals surface area contributed by atoms with Gasteiger partial charge >= 0.3 is 0 Å². The molecule has 0 radical (unpaired) electrons. The number of nitrogens with zero attached hydrogens (tertiary/aromatic N) is 2. The van der Waals surface area contributed by atoms with Gasteiger partial charge in [-0.3, -0.25) is 4.68 Å². The molecule has 1 N–H and O–H groups in total. The summed E-state index contributed by atoms with van der Waals surface area (Å²) in [6, 6.07) is 0.177. The van der Waals surface area contributed by atoms with E-state index in [0.717, 1.165) is 45.6 Å². The van der Waals surface area contributed by atoms with Crippen molar-refractivity contribution in [2.24, 2.45) is 0 Å². The van der Waals surface area contributed by atoms with Crippen LogP contribution in [0.2, 0.25) is 0 Å². The molecule has 1 atom stereocenters. The Hall–Kier alpha value is -0.910. The fourth-order valence-corrected chi connectivity index (χ4v) is 2.93. The smallest absolute Gasteiger partial charge is 0.0917 e. The van der Waals surface area contributed by atoms with Crippen LogP contribution in [0.4, 0.5) is 0 Å². The van der Waals surface area contributed by atoms with E-state index in [1.165, 1.54) is 5.56 Å². The molecular weight excluding hydrogens is 254 g/mol. The Bertz CT molecular complexity index is 400. The van der Waals surface area contributed by atoms with Crippen molar-refractivity contribution in [3.63, 3.8) is 0 Å². The maximum absolute atomic E-state index is 5.96. The molecule has 1 aromatic rings. The highest BCUT2D eigenvalue weighted by molar-refractivity contribution is 5.17. The standard InChI is InChI=1S/C15H27N3O2/c1-4-8-16-14(13-11-17-18(5-2)12-13)15(19-3)6-9-20-10-7-15/h11-12,14,16H,4-10H2,1-3H3. The minimum absolute atomic E-state index is 0.177. The van der Waals surface area contributed by atoms with Crippen LogP contribution < -0.4 is 5.32 Å². The first kappa shape index (κ1) is 15.5. The molecule has 1 aromatic heterocycles. The molecule has 2 heterocycles. The molecule has 1 unspecified atom stereocenters. The average molecular weight is 281 g/mol. The summed E-state index contributed by atoms with van der Waals surface area (Å²) in [4.78, 5) is 0. The molecule has 0 bridgehead atoms. The Morgan fingerprint density at radius 1 is 1.45 bits per heavy atom. The average Bonchev–Trinajstić information content (AvgIpc) is 2.97. The highest BCUT2D eigenvalue weighted by Crippen LogP contribution is 2.37. The Kier molecular flexibility index (Phi) is 5.57. The van der Waals surface area contributed by atoms with Crippen LogP contribution in [-0.2, 0) is 16.0 Å². The van der Waals surface area contributed by atoms with E-state index in [-0.39, 0.29) is 11.6 Å². The number of hydrogen-bond donors (Lipinski definition) is 1. The molecule has 0 saturated carbocycles. The summed E-state index contributed by atoms with van der Waals surface area (Å²) in [5, 5.41) is 8.06. The molecule has 5 heteroatoms. The molecule has 114 valence electrons. The van der Waals surface area contributed by atoms with Gasteiger partial charge in [-0.1, -0.05) is 6.92 Å². The summed E-state index contributed by atoms with van der Waals surface area (Å²) in [6.45, 7) is 7.69. The topological polar surface area (TPSA) is 48.3 Å². The van der Waals surface area contributed by atoms with Gasteiger partial charge in [-0.2, -0.15) is 5.10 Å². The van der Waals surface area contributed by atoms with Gasteiger partial charge in [-0.25, -0.2) is 0 Å². The lowest BCUT2D eigenvalue weighted by atomic mass is 9.83. The van der Waals surface area contributed by atoms with Crippen molar-refractivity contribution in [2.45, 2.75) is 51.3 Å². The predicted molar refractivity (Wildman–Crippen MR) is 78.7 cm³/mol. The van der Waals surface area contributed by atoms with Crippen LogP contribution in [0.15, 0.2) is 12.4 Å². The van der Waals surface area contributed by atoms with Crippen LogP contribution in [0, 0.1) is 0 Å². The molecule has 1 fully saturated rings. The molecule has 0 amide bonds. The van der Waals surface area contributed by atoms with Gasteiger partial charge in [0.25, 0.3) is 0 Å². The number of aryl methyl sites for hydroxylation is 1. The van der Waals surface area contributed by atoms with Crippen molar-refractivity contribution >= 4 is 0 Å². The van der Waals surface area contributed by atoms with Crippen molar-refractivity contribution in [1.82, 2.24) is 15.1 Å². The molecule has 0 aromatic carbocycles. The van der Waals surface area contributed by atoms with Gasteiger partial charge in [0.1, 0.15) is 0 Å². The highest BCUT2D eigenvalue weighted by atomic mass is 16.5. The number of ether oxygens (including phenoxy) is 2. The third-order valence-electron chi connectivity index (χ3n) is 4.18. The molecular formula is C15H27N3O2. The van der Waals surface area contributed by atoms with E-state index in [9.17, 15) is 0 Å². The first-order chi connectivity index (χ1) is 9.75. The second kappa shape index (κ2) is 7.20. The Morgan fingerprint density at radius 2 is 2.20 bits per heavy atom. The molecule has 0 spiro atoms. The van der Waals surface area contributed by atoms with Gasteiger partial charge < -0.3 is 14.8 Å². The van der Waals surface area contributed by atoms with Gasteiger partial charge in [-0.05, 0) is 19.9 Å². The highest BCUT2D eigenvalue weighted by Gasteiger charge is 2.41. The molecule has 2 rings (SSSR count). The van der Waals surface area contributed by atoms with Crippen LogP contribution in [0.25, 0.3) is 0 Å². The monoisotopic (exact) mass is 281 g/mol. The van der Waals surface area contributed by atoms with Crippen LogP contribution in [-0.4, -0.2) is 42.2 Å². The zero-order chi connectivity index (χ0) is 14.4. The van der Waals surface area contributed by atoms with Crippen molar-refractivity contribution in [1.29, 1.82) is 0 Å². The fourth-order valence-electron chi connectivity index (χ4n) is 2.93. The summed E-state index contributed by atoms with van der Waals surface area (Å²) in [7, 11) is 1.82. The molecule has 5 nitrogen and oxygen atoms in total. The molecule has 1 aliphatic rings. The quantitative estimate of drug-likeness (QED) is 0.832. The van der Waals surface area contributed by atoms with Crippen LogP contribution in [0.3, 0.4) is 0 Å². The van der Waals surface area contributed by atoms with E-state index < -0.39 is 0 Å². The van der Waals surface area contributed by atoms with Gasteiger partial charge in [0, 0.05) is 51.5 Å². The summed E-state index contributed by atoms with van der Waals surface area (Å²) >= 11 is 0. The van der Waals surface area contributed by atoms with E-state index in [2.05, 4.69) is 30.5 Å². The van der Waals surface area contributed by atoms with E-state index in [1.807, 2.05) is 18.0 Å². The lowest BCUT2D eigenvalue weighted by molar-refractivity contribution is -0.111. The lowest BCUT2D eigenvalue weighted by Crippen LogP contribution is -2.49. The van der Waals surface area contributed by atoms with Gasteiger partial charge in [0.15, 0.2) is 0 Å². The summed E-state index contributed by atoms with van der Waals surface area (Å²) < 4.78 is 13.4. The van der Waals surface area contributed by atoms with Crippen molar-refractivity contribution in [2.75, 3.05) is 26.9 Å². The van der Waals surface area contributed by atoms with Gasteiger partial charge in [0.2, 0.25) is 0 Å². The van der Waals surface area contributed by atoms with Gasteiger partial charge in [-0.15, -0.1) is 0 Å². The number of hydrogen-bond acceptors (Lipinski definition) is 4. The Labute approximate surface area is 121 Å². The van der Waals surface area contributed by atoms with E-state index >= 15 is 0 Å². The minimum Gasteiger partial charge on any atom is -0.381 e. The molecule has 20 heavy (non-hydrogen) atoms. The SMILES string of the molecule is CCCNC(c1cnn(CC)c1)C1(OC)CCOCC1. The van der Waals surface area contributed by atoms with Crippen molar-refractivity contribution < 1.29 is 9.47 Å². The summed E-state index contributed by atoms with van der Waals surface area (Å²) in [5.74, 6) is 0. The maximum Gasteiger partial charge on any atom is 0.0917 e. The number of nitrogens with one attached hydrogen (secondary N) is 1. The largest absolute Gasteiger partial charge is 0.381 e. The van der Waals surface area contributed by atoms with E-state index in [4.69, 9.17) is 9.47 Å². The third-order valence-corrected chi connectivity index (χ3v) is 4.18. The Balaban J connectivity index is 2.24. The normalized spacial score (nSPS) is 19.9.